The Morgan fingerprint density at radius 3 is 2.81 bits per heavy atom. The summed E-state index contributed by atoms with van der Waals surface area (Å²) < 4.78 is 1.92. The number of aryl methyl sites for hydroxylation is 2. The van der Waals surface area contributed by atoms with Crippen LogP contribution in [-0.4, -0.2) is 20.4 Å². The van der Waals surface area contributed by atoms with Gasteiger partial charge in [0.05, 0.1) is 16.5 Å². The van der Waals surface area contributed by atoms with Crippen molar-refractivity contribution in [2.24, 2.45) is 0 Å². The zero-order valence-corrected chi connectivity index (χ0v) is 15.4. The number of amides is 1. The fraction of sp³-hybridized carbons (Fsp3) is 0.150. The second-order valence-electron chi connectivity index (χ2n) is 6.25. The fourth-order valence-corrected chi connectivity index (χ4v) is 3.57. The number of benzene rings is 2. The minimum absolute atomic E-state index is 0.0865. The molecule has 2 aromatic carbocycles. The molecule has 2 heterocycles. The van der Waals surface area contributed by atoms with Crippen LogP contribution in [0.15, 0.2) is 53.4 Å². The van der Waals surface area contributed by atoms with E-state index >= 15 is 0 Å². The summed E-state index contributed by atoms with van der Waals surface area (Å²) in [5, 5.41) is 4.95. The smallest absolute Gasteiger partial charge is 0.244 e. The average Bonchev–Trinajstić information content (AvgIpc) is 3.26. The monoisotopic (exact) mass is 362 g/mol. The number of nitrogens with one attached hydrogen (secondary N) is 1. The number of anilines is 1. The van der Waals surface area contributed by atoms with Crippen molar-refractivity contribution in [2.75, 3.05) is 5.32 Å². The van der Waals surface area contributed by atoms with E-state index in [2.05, 4.69) is 21.4 Å². The van der Waals surface area contributed by atoms with Gasteiger partial charge in [0.1, 0.15) is 12.2 Å². The predicted molar refractivity (Wildman–Crippen MR) is 105 cm³/mol. The summed E-state index contributed by atoms with van der Waals surface area (Å²) in [5.41, 5.74) is 7.39. The summed E-state index contributed by atoms with van der Waals surface area (Å²) in [6.45, 7) is 4.22. The Morgan fingerprint density at radius 1 is 1.19 bits per heavy atom. The topological polar surface area (TPSA) is 59.8 Å². The highest BCUT2D eigenvalue weighted by atomic mass is 32.1. The molecule has 6 heteroatoms. The van der Waals surface area contributed by atoms with Gasteiger partial charge in [-0.1, -0.05) is 29.8 Å². The van der Waals surface area contributed by atoms with Crippen LogP contribution in [0.3, 0.4) is 0 Å². The first kappa shape index (κ1) is 16.5. The molecule has 0 atom stereocenters. The maximum absolute atomic E-state index is 12.7. The first-order valence-corrected chi connectivity index (χ1v) is 9.27. The highest BCUT2D eigenvalue weighted by Crippen LogP contribution is 2.25. The average molecular weight is 362 g/mol. The van der Waals surface area contributed by atoms with Gasteiger partial charge in [-0.3, -0.25) is 4.79 Å². The molecule has 0 unspecified atom stereocenters. The number of imidazole rings is 1. The molecule has 0 fully saturated rings. The number of hydrogen-bond acceptors (Lipinski definition) is 4. The summed E-state index contributed by atoms with van der Waals surface area (Å²) in [5.74, 6) is 0.625. The molecule has 0 radical (unpaired) electrons. The van der Waals surface area contributed by atoms with Crippen LogP contribution in [0.1, 0.15) is 11.1 Å². The van der Waals surface area contributed by atoms with E-state index in [9.17, 15) is 4.79 Å². The van der Waals surface area contributed by atoms with Gasteiger partial charge in [0.25, 0.3) is 0 Å². The summed E-state index contributed by atoms with van der Waals surface area (Å²) in [6.07, 6.45) is 0. The van der Waals surface area contributed by atoms with Gasteiger partial charge < -0.3 is 9.88 Å². The molecule has 0 aliphatic carbocycles. The number of nitrogens with zero attached hydrogens (tertiary/aromatic N) is 3. The van der Waals surface area contributed by atoms with E-state index in [1.807, 2.05) is 60.2 Å². The quantitative estimate of drug-likeness (QED) is 0.585. The van der Waals surface area contributed by atoms with Crippen molar-refractivity contribution in [1.82, 2.24) is 14.5 Å². The van der Waals surface area contributed by atoms with Crippen molar-refractivity contribution in [3.8, 4) is 11.5 Å². The summed E-state index contributed by atoms with van der Waals surface area (Å²) in [4.78, 5) is 21.7. The van der Waals surface area contributed by atoms with Gasteiger partial charge in [-0.25, -0.2) is 9.97 Å². The Hall–Kier alpha value is -2.99. The Balaban J connectivity index is 1.68. The van der Waals surface area contributed by atoms with Crippen LogP contribution in [0.5, 0.6) is 0 Å². The summed E-state index contributed by atoms with van der Waals surface area (Å²) >= 11 is 1.51. The molecule has 0 aliphatic rings. The lowest BCUT2D eigenvalue weighted by atomic mass is 10.1. The van der Waals surface area contributed by atoms with Crippen molar-refractivity contribution in [3.05, 3.63) is 64.5 Å². The molecule has 0 saturated carbocycles. The van der Waals surface area contributed by atoms with Crippen LogP contribution in [-0.2, 0) is 11.3 Å². The van der Waals surface area contributed by atoms with E-state index in [0.29, 0.717) is 5.82 Å². The molecule has 0 bridgehead atoms. The minimum Gasteiger partial charge on any atom is -0.324 e. The number of carbonyl (C=O) groups excluding carboxylic acids is 1. The van der Waals surface area contributed by atoms with Gasteiger partial charge in [-0.15, -0.1) is 11.3 Å². The number of carbonyl (C=O) groups is 1. The van der Waals surface area contributed by atoms with E-state index in [4.69, 9.17) is 0 Å². The summed E-state index contributed by atoms with van der Waals surface area (Å²) in [6, 6.07) is 13.8. The lowest BCUT2D eigenvalue weighted by Crippen LogP contribution is -2.20. The number of fused-ring (bicyclic) bond motifs is 1. The number of rotatable bonds is 4. The molecule has 0 aliphatic heterocycles. The molecule has 130 valence electrons. The van der Waals surface area contributed by atoms with Gasteiger partial charge >= 0.3 is 0 Å². The number of para-hydroxylation sites is 2. The second-order valence-corrected chi connectivity index (χ2v) is 6.97. The van der Waals surface area contributed by atoms with E-state index in [1.165, 1.54) is 16.9 Å². The second kappa shape index (κ2) is 6.72. The number of hydrogen-bond donors (Lipinski definition) is 1. The first-order chi connectivity index (χ1) is 12.6. The SMILES string of the molecule is Cc1ccc(NC(=O)Cn2c(-c3cscn3)nc3ccccc32)c(C)c1. The van der Waals surface area contributed by atoms with Crippen molar-refractivity contribution in [3.63, 3.8) is 0 Å². The molecule has 2 aromatic heterocycles. The molecule has 0 spiro atoms. The Kier molecular flexibility index (Phi) is 4.26. The highest BCUT2D eigenvalue weighted by molar-refractivity contribution is 7.07. The molecular weight excluding hydrogens is 344 g/mol. The van der Waals surface area contributed by atoms with Gasteiger partial charge in [0.15, 0.2) is 5.82 Å². The van der Waals surface area contributed by atoms with Gasteiger partial charge in [-0.2, -0.15) is 0 Å². The van der Waals surface area contributed by atoms with Gasteiger partial charge in [-0.05, 0) is 37.6 Å². The Labute approximate surface area is 155 Å². The van der Waals surface area contributed by atoms with Crippen LogP contribution in [0, 0.1) is 13.8 Å². The van der Waals surface area contributed by atoms with Crippen molar-refractivity contribution < 1.29 is 4.79 Å². The molecule has 0 saturated heterocycles. The van der Waals surface area contributed by atoms with Crippen molar-refractivity contribution >= 4 is 34.0 Å². The maximum Gasteiger partial charge on any atom is 0.244 e. The highest BCUT2D eigenvalue weighted by Gasteiger charge is 2.16. The predicted octanol–water partition coefficient (Wildman–Crippen LogP) is 4.42. The van der Waals surface area contributed by atoms with Crippen LogP contribution >= 0.6 is 11.3 Å². The lowest BCUT2D eigenvalue weighted by Gasteiger charge is -2.11. The maximum atomic E-state index is 12.7. The van der Waals surface area contributed by atoms with E-state index in [-0.39, 0.29) is 12.5 Å². The molecule has 26 heavy (non-hydrogen) atoms. The molecule has 5 nitrogen and oxygen atoms in total. The van der Waals surface area contributed by atoms with Gasteiger partial charge in [0, 0.05) is 11.1 Å². The molecule has 4 aromatic rings. The molecule has 1 amide bonds. The van der Waals surface area contributed by atoms with Crippen molar-refractivity contribution in [2.45, 2.75) is 20.4 Å². The minimum atomic E-state index is -0.0865. The fourth-order valence-electron chi connectivity index (χ4n) is 3.04. The largest absolute Gasteiger partial charge is 0.324 e. The third-order valence-corrected chi connectivity index (χ3v) is 4.86. The zero-order chi connectivity index (χ0) is 18.1. The van der Waals surface area contributed by atoms with E-state index < -0.39 is 0 Å². The van der Waals surface area contributed by atoms with Crippen LogP contribution in [0.25, 0.3) is 22.6 Å². The van der Waals surface area contributed by atoms with Crippen LogP contribution in [0.4, 0.5) is 5.69 Å². The summed E-state index contributed by atoms with van der Waals surface area (Å²) in [7, 11) is 0. The lowest BCUT2D eigenvalue weighted by molar-refractivity contribution is -0.116. The number of aromatic nitrogens is 3. The number of thiazole rings is 1. The van der Waals surface area contributed by atoms with Crippen LogP contribution in [0.2, 0.25) is 0 Å². The van der Waals surface area contributed by atoms with Crippen molar-refractivity contribution in [1.29, 1.82) is 0 Å². The van der Waals surface area contributed by atoms with E-state index in [0.717, 1.165) is 28.0 Å². The first-order valence-electron chi connectivity index (χ1n) is 8.33. The van der Waals surface area contributed by atoms with Crippen LogP contribution < -0.4 is 5.32 Å². The normalized spacial score (nSPS) is 11.0. The zero-order valence-electron chi connectivity index (χ0n) is 14.6. The van der Waals surface area contributed by atoms with Gasteiger partial charge in [0.2, 0.25) is 5.91 Å². The third kappa shape index (κ3) is 3.11. The molecular formula is C20H18N4OS. The molecule has 4 rings (SSSR count). The standard InChI is InChI=1S/C20H18N4OS/c1-13-7-8-15(14(2)9-13)22-19(25)10-24-18-6-4-3-5-16(18)23-20(24)17-11-26-12-21-17/h3-9,11-12H,10H2,1-2H3,(H,22,25). The molecule has 1 N–H and O–H groups in total. The Morgan fingerprint density at radius 2 is 2.04 bits per heavy atom. The third-order valence-electron chi connectivity index (χ3n) is 4.27. The van der Waals surface area contributed by atoms with E-state index in [1.54, 1.807) is 5.51 Å². The Bertz CT molecular complexity index is 1080.